The Morgan fingerprint density at radius 2 is 1.54 bits per heavy atom. The Balaban J connectivity index is 1.55. The number of rotatable bonds is 10. The summed E-state index contributed by atoms with van der Waals surface area (Å²) in [6, 6.07) is 20.6. The number of anilines is 4. The molecular weight excluding hydrogens is 466 g/mol. The number of benzene rings is 3. The summed E-state index contributed by atoms with van der Waals surface area (Å²) < 4.78 is 0. The van der Waals surface area contributed by atoms with E-state index >= 15 is 0 Å². The Morgan fingerprint density at radius 1 is 0.829 bits per heavy atom. The second-order valence-electron chi connectivity index (χ2n) is 7.55. The van der Waals surface area contributed by atoms with Crippen LogP contribution in [-0.2, 0) is 0 Å². The van der Waals surface area contributed by atoms with E-state index in [0.29, 0.717) is 17.2 Å². The molecule has 35 heavy (non-hydrogen) atoms. The number of aliphatic hydroxyl groups is 2. The van der Waals surface area contributed by atoms with Gasteiger partial charge in [0.15, 0.2) is 10.8 Å². The zero-order valence-electron chi connectivity index (χ0n) is 18.7. The van der Waals surface area contributed by atoms with Crippen LogP contribution in [-0.4, -0.2) is 53.3 Å². The second kappa shape index (κ2) is 11.4. The number of aliphatic hydroxyl groups excluding tert-OH is 2. The van der Waals surface area contributed by atoms with Crippen molar-refractivity contribution in [3.05, 3.63) is 78.0 Å². The summed E-state index contributed by atoms with van der Waals surface area (Å²) >= 11 is 1.14. The van der Waals surface area contributed by atoms with E-state index in [1.165, 1.54) is 0 Å². The first kappa shape index (κ1) is 24.1. The van der Waals surface area contributed by atoms with Gasteiger partial charge in [-0.3, -0.25) is 9.59 Å². The van der Waals surface area contributed by atoms with Gasteiger partial charge in [-0.05, 0) is 47.2 Å². The third kappa shape index (κ3) is 6.12. The summed E-state index contributed by atoms with van der Waals surface area (Å²) in [5, 5.41) is 32.4. The number of amides is 2. The van der Waals surface area contributed by atoms with Gasteiger partial charge in [-0.25, -0.2) is 4.98 Å². The number of hydrogen-bond donors (Lipinski definition) is 6. The molecule has 0 bridgehead atoms. The molecule has 2 amide bonds. The van der Waals surface area contributed by atoms with E-state index in [2.05, 4.69) is 26.3 Å². The van der Waals surface area contributed by atoms with Crippen LogP contribution < -0.4 is 21.3 Å². The number of thiazole rings is 1. The van der Waals surface area contributed by atoms with Crippen LogP contribution in [0.25, 0.3) is 10.8 Å². The Hall–Kier alpha value is -3.99. The highest BCUT2D eigenvalue weighted by molar-refractivity contribution is 7.20. The summed E-state index contributed by atoms with van der Waals surface area (Å²) in [6.07, 6.45) is 0. The van der Waals surface area contributed by atoms with Crippen LogP contribution in [0, 0.1) is 0 Å². The highest BCUT2D eigenvalue weighted by Gasteiger charge is 2.21. The lowest BCUT2D eigenvalue weighted by Crippen LogP contribution is -2.27. The van der Waals surface area contributed by atoms with Gasteiger partial charge in [-0.15, -0.1) is 0 Å². The quantitative estimate of drug-likeness (QED) is 0.200. The maximum Gasteiger partial charge on any atom is 0.273 e. The summed E-state index contributed by atoms with van der Waals surface area (Å²) in [7, 11) is 0. The van der Waals surface area contributed by atoms with Gasteiger partial charge in [0.05, 0.1) is 13.2 Å². The average Bonchev–Trinajstić information content (AvgIpc) is 3.28. The highest BCUT2D eigenvalue weighted by Crippen LogP contribution is 2.32. The molecule has 6 N–H and O–H groups in total. The lowest BCUT2D eigenvalue weighted by atomic mass is 10.1. The number of fused-ring (bicyclic) bond motifs is 1. The zero-order valence-corrected chi connectivity index (χ0v) is 19.6. The van der Waals surface area contributed by atoms with Crippen molar-refractivity contribution in [2.75, 3.05) is 42.3 Å². The molecule has 1 aromatic heterocycles. The molecule has 0 aliphatic carbocycles. The van der Waals surface area contributed by atoms with Crippen LogP contribution in [0.2, 0.25) is 0 Å². The number of nitrogens with one attached hydrogen (secondary N) is 4. The maximum atomic E-state index is 12.9. The predicted octanol–water partition coefficient (Wildman–Crippen LogP) is 3.42. The number of hydrogen-bond acceptors (Lipinski definition) is 8. The third-order valence-corrected chi connectivity index (χ3v) is 5.94. The molecule has 0 saturated carbocycles. The van der Waals surface area contributed by atoms with E-state index in [9.17, 15) is 9.59 Å². The number of carbonyl (C=O) groups excluding carboxylic acids is 2. The summed E-state index contributed by atoms with van der Waals surface area (Å²) in [5.41, 5.74) is 2.03. The topological polar surface area (TPSA) is 136 Å². The van der Waals surface area contributed by atoms with Crippen LogP contribution >= 0.6 is 11.3 Å². The molecule has 0 radical (unpaired) electrons. The second-order valence-corrected chi connectivity index (χ2v) is 8.54. The molecule has 0 spiro atoms. The van der Waals surface area contributed by atoms with Gasteiger partial charge >= 0.3 is 0 Å². The standard InChI is InChI=1S/C25H25N5O4S/c31-13-11-26-19-8-6-17(7-9-19)22(33)30-24-21(23(34)27-12-14-32)29-25(35-24)28-20-10-5-16-3-1-2-4-18(16)15-20/h1-10,15,26,31-32H,11-14H2,(H,27,34)(H,28,29)(H,30,33). The van der Waals surface area contributed by atoms with Gasteiger partial charge < -0.3 is 31.5 Å². The van der Waals surface area contributed by atoms with Crippen LogP contribution in [0.1, 0.15) is 20.8 Å². The zero-order chi connectivity index (χ0) is 24.6. The maximum absolute atomic E-state index is 12.9. The largest absolute Gasteiger partial charge is 0.395 e. The molecular formula is C25H25N5O4S. The normalized spacial score (nSPS) is 10.7. The van der Waals surface area contributed by atoms with Crippen LogP contribution in [0.5, 0.6) is 0 Å². The lowest BCUT2D eigenvalue weighted by molar-refractivity contribution is 0.0941. The van der Waals surface area contributed by atoms with Crippen molar-refractivity contribution in [1.82, 2.24) is 10.3 Å². The van der Waals surface area contributed by atoms with Crippen molar-refractivity contribution in [1.29, 1.82) is 0 Å². The van der Waals surface area contributed by atoms with E-state index in [4.69, 9.17) is 10.2 Å². The van der Waals surface area contributed by atoms with Crippen molar-refractivity contribution < 1.29 is 19.8 Å². The Bertz CT molecular complexity index is 1320. The Labute approximate surface area is 205 Å². The van der Waals surface area contributed by atoms with Crippen molar-refractivity contribution in [2.45, 2.75) is 0 Å². The van der Waals surface area contributed by atoms with E-state index in [1.54, 1.807) is 24.3 Å². The van der Waals surface area contributed by atoms with Crippen molar-refractivity contribution in [3.63, 3.8) is 0 Å². The van der Waals surface area contributed by atoms with Crippen molar-refractivity contribution in [3.8, 4) is 0 Å². The minimum atomic E-state index is -0.499. The van der Waals surface area contributed by atoms with Gasteiger partial charge in [-0.1, -0.05) is 41.7 Å². The fourth-order valence-electron chi connectivity index (χ4n) is 3.37. The van der Waals surface area contributed by atoms with Crippen LogP contribution in [0.3, 0.4) is 0 Å². The fourth-order valence-corrected chi connectivity index (χ4v) is 4.25. The fraction of sp³-hybridized carbons (Fsp3) is 0.160. The SMILES string of the molecule is O=C(Nc1sc(Nc2ccc3ccccc3c2)nc1C(=O)NCCO)c1ccc(NCCO)cc1. The molecule has 0 unspecified atom stereocenters. The van der Waals surface area contributed by atoms with Gasteiger partial charge in [0.1, 0.15) is 5.00 Å². The lowest BCUT2D eigenvalue weighted by Gasteiger charge is -2.07. The third-order valence-electron chi connectivity index (χ3n) is 5.06. The minimum absolute atomic E-state index is 0.00428. The molecule has 4 rings (SSSR count). The average molecular weight is 492 g/mol. The van der Waals surface area contributed by atoms with E-state index in [0.717, 1.165) is 33.5 Å². The molecule has 180 valence electrons. The monoisotopic (exact) mass is 491 g/mol. The van der Waals surface area contributed by atoms with E-state index in [-0.39, 0.29) is 30.5 Å². The Kier molecular flexibility index (Phi) is 7.88. The van der Waals surface area contributed by atoms with Gasteiger partial charge in [0.2, 0.25) is 0 Å². The highest BCUT2D eigenvalue weighted by atomic mass is 32.1. The van der Waals surface area contributed by atoms with Crippen molar-refractivity contribution in [2.24, 2.45) is 0 Å². The first-order valence-corrected chi connectivity index (χ1v) is 11.8. The molecule has 0 saturated heterocycles. The smallest absolute Gasteiger partial charge is 0.273 e. The van der Waals surface area contributed by atoms with E-state index < -0.39 is 11.8 Å². The molecule has 0 aliphatic rings. The number of nitrogens with zero attached hydrogens (tertiary/aromatic N) is 1. The molecule has 3 aromatic carbocycles. The van der Waals surface area contributed by atoms with Gasteiger partial charge in [-0.2, -0.15) is 0 Å². The number of aromatic nitrogens is 1. The number of carbonyl (C=O) groups is 2. The summed E-state index contributed by atoms with van der Waals surface area (Å²) in [6.45, 7) is 0.270. The van der Waals surface area contributed by atoms with Crippen LogP contribution in [0.15, 0.2) is 66.7 Å². The summed E-state index contributed by atoms with van der Waals surface area (Å²) in [4.78, 5) is 29.9. The summed E-state index contributed by atoms with van der Waals surface area (Å²) in [5.74, 6) is -0.892. The molecule has 0 fully saturated rings. The molecule has 0 atom stereocenters. The molecule has 0 aliphatic heterocycles. The van der Waals surface area contributed by atoms with E-state index in [1.807, 2.05) is 42.5 Å². The molecule has 1 heterocycles. The Morgan fingerprint density at radius 3 is 2.29 bits per heavy atom. The van der Waals surface area contributed by atoms with Crippen molar-refractivity contribution >= 4 is 55.4 Å². The minimum Gasteiger partial charge on any atom is -0.395 e. The predicted molar refractivity (Wildman–Crippen MR) is 139 cm³/mol. The van der Waals surface area contributed by atoms with Crippen LogP contribution in [0.4, 0.5) is 21.5 Å². The molecule has 10 heteroatoms. The first-order valence-electron chi connectivity index (χ1n) is 11.0. The molecule has 4 aromatic rings. The van der Waals surface area contributed by atoms with Gasteiger partial charge in [0.25, 0.3) is 11.8 Å². The first-order chi connectivity index (χ1) is 17.1. The molecule has 9 nitrogen and oxygen atoms in total. The van der Waals surface area contributed by atoms with Gasteiger partial charge in [0, 0.05) is 30.0 Å².